The first-order valence-electron chi connectivity index (χ1n) is 9.01. The Kier molecular flexibility index (Phi) is 6.98. The third kappa shape index (κ3) is 5.61. The number of aromatic nitrogens is 3. The second-order valence-electron chi connectivity index (χ2n) is 6.18. The molecule has 0 saturated carbocycles. The van der Waals surface area contributed by atoms with Crippen LogP contribution in [0.15, 0.2) is 57.5 Å². The molecule has 2 heterocycles. The molecule has 1 amide bonds. The molecule has 0 aliphatic rings. The van der Waals surface area contributed by atoms with Crippen LogP contribution < -0.4 is 10.1 Å². The molecule has 0 bridgehead atoms. The molecule has 0 spiro atoms. The van der Waals surface area contributed by atoms with E-state index in [9.17, 15) is 13.6 Å². The zero-order chi connectivity index (χ0) is 22.5. The predicted octanol–water partition coefficient (Wildman–Crippen LogP) is 5.43. The quantitative estimate of drug-likeness (QED) is 0.326. The van der Waals surface area contributed by atoms with Crippen molar-refractivity contribution in [3.63, 3.8) is 0 Å². The first-order valence-corrected chi connectivity index (χ1v) is 11.3. The topological polar surface area (TPSA) is 90.1 Å². The van der Waals surface area contributed by atoms with Crippen molar-refractivity contribution in [3.8, 4) is 17.0 Å². The molecule has 2 aromatic heterocycles. The molecule has 4 rings (SSSR count). The van der Waals surface area contributed by atoms with Gasteiger partial charge in [-0.05, 0) is 30.3 Å². The highest BCUT2D eigenvalue weighted by molar-refractivity contribution is 7.99. The normalized spacial score (nSPS) is 10.8. The van der Waals surface area contributed by atoms with Gasteiger partial charge in [-0.3, -0.25) is 4.79 Å². The first-order chi connectivity index (χ1) is 15.5. The summed E-state index contributed by atoms with van der Waals surface area (Å²) in [5, 5.41) is 12.8. The Morgan fingerprint density at radius 2 is 2.06 bits per heavy atom. The number of carbonyl (C=O) groups excluding carboxylic acids is 1. The van der Waals surface area contributed by atoms with Crippen LogP contribution in [0.3, 0.4) is 0 Å². The lowest BCUT2D eigenvalue weighted by Crippen LogP contribution is -2.13. The largest absolute Gasteiger partial charge is 0.482 e. The van der Waals surface area contributed by atoms with Crippen molar-refractivity contribution >= 4 is 45.7 Å². The van der Waals surface area contributed by atoms with E-state index in [0.29, 0.717) is 10.8 Å². The van der Waals surface area contributed by atoms with Crippen LogP contribution in [-0.2, 0) is 11.4 Å². The number of hydrogen-bond acceptors (Lipinski definition) is 8. The number of thioether (sulfide) groups is 1. The minimum atomic E-state index is -0.601. The Balaban J connectivity index is 1.28. The van der Waals surface area contributed by atoms with Crippen molar-refractivity contribution in [1.29, 1.82) is 0 Å². The smallest absolute Gasteiger partial charge is 0.277 e. The Morgan fingerprint density at radius 3 is 2.91 bits per heavy atom. The zero-order valence-electron chi connectivity index (χ0n) is 16.0. The summed E-state index contributed by atoms with van der Waals surface area (Å²) < 4.78 is 38.2. The number of hydrogen-bond donors (Lipinski definition) is 1. The van der Waals surface area contributed by atoms with E-state index < -0.39 is 11.6 Å². The van der Waals surface area contributed by atoms with Crippen LogP contribution >= 0.6 is 34.7 Å². The minimum Gasteiger partial charge on any atom is -0.482 e. The van der Waals surface area contributed by atoms with Crippen LogP contribution in [-0.4, -0.2) is 26.8 Å². The van der Waals surface area contributed by atoms with Crippen molar-refractivity contribution in [2.24, 2.45) is 0 Å². The number of benzene rings is 2. The van der Waals surface area contributed by atoms with Crippen LogP contribution in [0, 0.1) is 11.6 Å². The van der Waals surface area contributed by atoms with Gasteiger partial charge in [0.1, 0.15) is 17.4 Å². The van der Waals surface area contributed by atoms with Crippen LogP contribution in [0.25, 0.3) is 11.3 Å². The Morgan fingerprint density at radius 1 is 1.22 bits per heavy atom. The van der Waals surface area contributed by atoms with E-state index in [1.165, 1.54) is 5.38 Å². The fourth-order valence-electron chi connectivity index (χ4n) is 2.49. The molecule has 164 valence electrons. The van der Waals surface area contributed by atoms with Crippen molar-refractivity contribution in [1.82, 2.24) is 15.2 Å². The van der Waals surface area contributed by atoms with Gasteiger partial charge in [0.2, 0.25) is 5.91 Å². The van der Waals surface area contributed by atoms with Crippen LogP contribution in [0.1, 0.15) is 5.89 Å². The van der Waals surface area contributed by atoms with E-state index in [1.54, 1.807) is 24.3 Å². The van der Waals surface area contributed by atoms with Gasteiger partial charge in [0.15, 0.2) is 11.7 Å². The average molecular weight is 495 g/mol. The lowest BCUT2D eigenvalue weighted by atomic mass is 10.1. The molecule has 0 unspecified atom stereocenters. The number of halogens is 3. The van der Waals surface area contributed by atoms with Gasteiger partial charge in [0.25, 0.3) is 11.1 Å². The van der Waals surface area contributed by atoms with E-state index in [4.69, 9.17) is 20.8 Å². The first kappa shape index (κ1) is 22.2. The van der Waals surface area contributed by atoms with Gasteiger partial charge in [-0.1, -0.05) is 35.5 Å². The van der Waals surface area contributed by atoms with Crippen LogP contribution in [0.5, 0.6) is 5.75 Å². The average Bonchev–Trinajstić information content (AvgIpc) is 3.43. The highest BCUT2D eigenvalue weighted by atomic mass is 35.5. The molecule has 12 heteroatoms. The standard InChI is InChI=1S/C20H13ClF2N4O3S2/c21-13-3-1-2-4-16(13)29-8-18-26-27-20(30-18)32-10-17(28)25-19-24-15(9-31-19)12-7-11(22)5-6-14(12)23/h1-7,9H,8,10H2,(H,24,25,28). The van der Waals surface area contributed by atoms with Gasteiger partial charge in [0, 0.05) is 10.9 Å². The van der Waals surface area contributed by atoms with Crippen molar-refractivity contribution < 1.29 is 22.7 Å². The van der Waals surface area contributed by atoms with Gasteiger partial charge < -0.3 is 14.5 Å². The summed E-state index contributed by atoms with van der Waals surface area (Å²) >= 11 is 8.15. The van der Waals surface area contributed by atoms with Crippen molar-refractivity contribution in [2.45, 2.75) is 11.8 Å². The number of anilines is 1. The summed E-state index contributed by atoms with van der Waals surface area (Å²) in [5.41, 5.74) is 0.253. The molecule has 7 nitrogen and oxygen atoms in total. The summed E-state index contributed by atoms with van der Waals surface area (Å²) in [6.45, 7) is 0.0298. The lowest BCUT2D eigenvalue weighted by Gasteiger charge is -2.04. The highest BCUT2D eigenvalue weighted by Crippen LogP contribution is 2.28. The van der Waals surface area contributed by atoms with Gasteiger partial charge in [-0.25, -0.2) is 13.8 Å². The van der Waals surface area contributed by atoms with Gasteiger partial charge in [-0.2, -0.15) is 0 Å². The van der Waals surface area contributed by atoms with Crippen LogP contribution in [0.4, 0.5) is 13.9 Å². The maximum atomic E-state index is 13.9. The Hall–Kier alpha value is -3.02. The maximum absolute atomic E-state index is 13.9. The van der Waals surface area contributed by atoms with Crippen LogP contribution in [0.2, 0.25) is 5.02 Å². The number of nitrogens with one attached hydrogen (secondary N) is 1. The predicted molar refractivity (Wildman–Crippen MR) is 117 cm³/mol. The summed E-state index contributed by atoms with van der Waals surface area (Å²) in [4.78, 5) is 16.3. The summed E-state index contributed by atoms with van der Waals surface area (Å²) in [6.07, 6.45) is 0. The molecule has 32 heavy (non-hydrogen) atoms. The molecule has 1 N–H and O–H groups in total. The summed E-state index contributed by atoms with van der Waals surface area (Å²) in [7, 11) is 0. The molecule has 0 aliphatic heterocycles. The van der Waals surface area contributed by atoms with Gasteiger partial charge >= 0.3 is 0 Å². The van der Waals surface area contributed by atoms with E-state index in [-0.39, 0.29) is 45.8 Å². The Labute approximate surface area is 193 Å². The SMILES string of the molecule is O=C(CSc1nnc(COc2ccccc2Cl)o1)Nc1nc(-c2cc(F)ccc2F)cs1. The second kappa shape index (κ2) is 10.1. The number of nitrogens with zero attached hydrogens (tertiary/aromatic N) is 3. The molecule has 0 radical (unpaired) electrons. The van der Waals surface area contributed by atoms with E-state index in [2.05, 4.69) is 20.5 Å². The number of para-hydroxylation sites is 1. The molecule has 0 aliphatic carbocycles. The number of thiazole rings is 1. The summed E-state index contributed by atoms with van der Waals surface area (Å²) in [5.74, 6) is -0.849. The van der Waals surface area contributed by atoms with Crippen molar-refractivity contribution in [3.05, 3.63) is 70.4 Å². The van der Waals surface area contributed by atoms with E-state index in [1.807, 2.05) is 0 Å². The summed E-state index contributed by atoms with van der Waals surface area (Å²) in [6, 6.07) is 10.1. The second-order valence-corrected chi connectivity index (χ2v) is 8.37. The maximum Gasteiger partial charge on any atom is 0.277 e. The third-order valence-corrected chi connectivity index (χ3v) is 5.81. The minimum absolute atomic E-state index is 0.0176. The zero-order valence-corrected chi connectivity index (χ0v) is 18.4. The lowest BCUT2D eigenvalue weighted by molar-refractivity contribution is -0.113. The molecular formula is C20H13ClF2N4O3S2. The Bertz CT molecular complexity index is 1250. The molecule has 2 aromatic carbocycles. The highest BCUT2D eigenvalue weighted by Gasteiger charge is 2.14. The monoisotopic (exact) mass is 494 g/mol. The number of rotatable bonds is 8. The number of carbonyl (C=O) groups is 1. The molecular weight excluding hydrogens is 482 g/mol. The fourth-order valence-corrected chi connectivity index (χ4v) is 3.98. The molecule has 0 fully saturated rings. The van der Waals surface area contributed by atoms with Gasteiger partial charge in [0.05, 0.1) is 16.5 Å². The molecule has 4 aromatic rings. The number of amides is 1. The van der Waals surface area contributed by atoms with E-state index in [0.717, 1.165) is 41.3 Å². The molecule has 0 saturated heterocycles. The number of ether oxygens (including phenoxy) is 1. The molecule has 0 atom stereocenters. The van der Waals surface area contributed by atoms with Gasteiger partial charge in [-0.15, -0.1) is 21.5 Å². The van der Waals surface area contributed by atoms with Crippen molar-refractivity contribution in [2.75, 3.05) is 11.1 Å². The van der Waals surface area contributed by atoms with E-state index >= 15 is 0 Å². The fraction of sp³-hybridized carbons (Fsp3) is 0.100. The third-order valence-electron chi connectivity index (χ3n) is 3.92.